The van der Waals surface area contributed by atoms with Crippen LogP contribution in [0.3, 0.4) is 0 Å². The van der Waals surface area contributed by atoms with E-state index in [4.69, 9.17) is 42.9 Å². The van der Waals surface area contributed by atoms with Crippen molar-refractivity contribution in [2.75, 3.05) is 26.2 Å². The standard InChI is InChI=1S/C48H48N12.Mn/c49-21-29-57-25-5-1-9-41(57)45-33-13-15-35(53-33)46(42-10-2-6-26-58(42)30-22-50)37-17-19-39(55-37)48(44-12-4-8-28-60(44)32-24-52)40-20-18-38(56-40)47(36-16-14-34(45)54-36)43-11-3-7-27-59(43)31-23-51;/h1-20,25-28H,21-24,29-32,49-52H2;/q2*+2. The number of hydrogen-bond donors (Lipinski definition) is 4. The summed E-state index contributed by atoms with van der Waals surface area (Å²) in [5.41, 5.74) is 38.3. The van der Waals surface area contributed by atoms with E-state index >= 15 is 0 Å². The molecule has 8 N–H and O–H groups in total. The Kier molecular flexibility index (Phi) is 12.5. The van der Waals surface area contributed by atoms with Crippen molar-refractivity contribution >= 4 is 46.4 Å². The molecular formula is C48H48MnN12+4. The maximum Gasteiger partial charge on any atom is 2.00 e. The third kappa shape index (κ3) is 7.98. The Balaban J connectivity index is 0.00000514. The molecule has 2 aliphatic rings. The quantitative estimate of drug-likeness (QED) is 0.107. The summed E-state index contributed by atoms with van der Waals surface area (Å²) in [6.07, 6.45) is 16.5. The molecular weight excluding hydrogens is 800 g/mol. The van der Waals surface area contributed by atoms with Gasteiger partial charge in [-0.05, 0) is 48.6 Å². The second-order valence-corrected chi connectivity index (χ2v) is 14.6. The van der Waals surface area contributed by atoms with Gasteiger partial charge in [0.2, 0.25) is 22.8 Å². The van der Waals surface area contributed by atoms with Gasteiger partial charge >= 0.3 is 17.1 Å². The molecule has 61 heavy (non-hydrogen) atoms. The third-order valence-corrected chi connectivity index (χ3v) is 10.9. The first-order valence-corrected chi connectivity index (χ1v) is 20.4. The molecule has 7 aromatic heterocycles. The van der Waals surface area contributed by atoms with Gasteiger partial charge in [-0.3, -0.25) is 0 Å². The summed E-state index contributed by atoms with van der Waals surface area (Å²) < 4.78 is 8.66. The van der Waals surface area contributed by atoms with Crippen LogP contribution in [0.2, 0.25) is 0 Å². The molecule has 0 saturated carbocycles. The molecule has 0 aromatic carbocycles. The molecule has 0 atom stereocenters. The fourth-order valence-electron chi connectivity index (χ4n) is 8.29. The fraction of sp³-hybridized carbons (Fsp3) is 0.167. The Morgan fingerprint density at radius 2 is 0.607 bits per heavy atom. The zero-order chi connectivity index (χ0) is 41.0. The maximum atomic E-state index is 6.18. The number of rotatable bonds is 12. The number of aromatic nitrogens is 8. The predicted molar refractivity (Wildman–Crippen MR) is 236 cm³/mol. The van der Waals surface area contributed by atoms with Crippen molar-refractivity contribution in [1.82, 2.24) is 19.9 Å². The molecule has 13 heteroatoms. The minimum absolute atomic E-state index is 0. The molecule has 9 heterocycles. The number of fused-ring (bicyclic) bond motifs is 8. The Hall–Kier alpha value is -6.44. The summed E-state index contributed by atoms with van der Waals surface area (Å²) in [5.74, 6) is 0. The van der Waals surface area contributed by atoms with E-state index in [0.717, 1.165) is 89.9 Å². The van der Waals surface area contributed by atoms with E-state index in [0.29, 0.717) is 52.4 Å². The van der Waals surface area contributed by atoms with Crippen molar-refractivity contribution in [2.24, 2.45) is 22.9 Å². The number of nitrogens with zero attached hydrogens (tertiary/aromatic N) is 8. The average Bonchev–Trinajstić information content (AvgIpc) is 4.12. The summed E-state index contributed by atoms with van der Waals surface area (Å²) in [5, 5.41) is 0. The molecule has 2 aliphatic heterocycles. The van der Waals surface area contributed by atoms with E-state index in [1.54, 1.807) is 0 Å². The summed E-state index contributed by atoms with van der Waals surface area (Å²) in [7, 11) is 0. The molecule has 0 saturated heterocycles. The van der Waals surface area contributed by atoms with Gasteiger partial charge in [0.1, 0.15) is 0 Å². The summed E-state index contributed by atoms with van der Waals surface area (Å²) in [4.78, 5) is 21.9. The molecule has 1 radical (unpaired) electrons. The van der Waals surface area contributed by atoms with Crippen LogP contribution < -0.4 is 51.2 Å². The van der Waals surface area contributed by atoms with E-state index in [2.05, 4.69) is 116 Å². The van der Waals surface area contributed by atoms with Gasteiger partial charge < -0.3 is 32.9 Å². The van der Waals surface area contributed by atoms with Crippen LogP contribution in [0.1, 0.15) is 22.8 Å². The van der Waals surface area contributed by atoms with Crippen molar-refractivity contribution < 1.29 is 35.3 Å². The van der Waals surface area contributed by atoms with Gasteiger partial charge in [-0.25, -0.2) is 9.97 Å². The molecule has 303 valence electrons. The molecule has 0 unspecified atom stereocenters. The number of nitrogens with two attached hydrogens (primary N) is 4. The van der Waals surface area contributed by atoms with Gasteiger partial charge in [-0.1, -0.05) is 24.3 Å². The largest absolute Gasteiger partial charge is 2.00 e. The van der Waals surface area contributed by atoms with Crippen LogP contribution in [0.5, 0.6) is 0 Å². The van der Waals surface area contributed by atoms with Crippen LogP contribution in [-0.2, 0) is 43.2 Å². The van der Waals surface area contributed by atoms with Crippen molar-refractivity contribution in [3.8, 4) is 45.0 Å². The first-order valence-electron chi connectivity index (χ1n) is 20.4. The third-order valence-electron chi connectivity index (χ3n) is 10.9. The first kappa shape index (κ1) is 41.3. The average molecular weight is 848 g/mol. The van der Waals surface area contributed by atoms with Gasteiger partial charge in [0.15, 0.2) is 51.0 Å². The van der Waals surface area contributed by atoms with E-state index in [-0.39, 0.29) is 17.1 Å². The Morgan fingerprint density at radius 1 is 0.361 bits per heavy atom. The first-order chi connectivity index (χ1) is 29.6. The number of pyridine rings is 4. The second-order valence-electron chi connectivity index (χ2n) is 14.6. The van der Waals surface area contributed by atoms with Gasteiger partial charge in [-0.15, -0.1) is 22.1 Å². The maximum absolute atomic E-state index is 6.18. The topological polar surface area (TPSA) is 174 Å². The van der Waals surface area contributed by atoms with Crippen molar-refractivity contribution in [3.63, 3.8) is 0 Å². The Labute approximate surface area is 365 Å². The smallest absolute Gasteiger partial charge is 0.656 e. The van der Waals surface area contributed by atoms with Gasteiger partial charge in [0.25, 0.3) is 0 Å². The van der Waals surface area contributed by atoms with Gasteiger partial charge in [0, 0.05) is 48.5 Å². The van der Waals surface area contributed by atoms with Crippen molar-refractivity contribution in [3.05, 3.63) is 145 Å². The van der Waals surface area contributed by atoms with Gasteiger partial charge in [0.05, 0.1) is 71.2 Å². The van der Waals surface area contributed by atoms with Crippen LogP contribution in [-0.4, -0.2) is 36.1 Å². The van der Waals surface area contributed by atoms with Crippen LogP contribution in [0.25, 0.3) is 91.4 Å². The van der Waals surface area contributed by atoms with E-state index < -0.39 is 0 Å². The predicted octanol–water partition coefficient (Wildman–Crippen LogP) is 3.56. The Morgan fingerprint density at radius 3 is 0.836 bits per heavy atom. The molecule has 7 aromatic rings. The summed E-state index contributed by atoms with van der Waals surface area (Å²) >= 11 is 0. The monoisotopic (exact) mass is 847 g/mol. The fourth-order valence-corrected chi connectivity index (χ4v) is 8.29. The van der Waals surface area contributed by atoms with Crippen LogP contribution in [0.4, 0.5) is 0 Å². The van der Waals surface area contributed by atoms with E-state index in [1.165, 1.54) is 0 Å². The molecule has 12 nitrogen and oxygen atoms in total. The Bertz CT molecular complexity index is 2580. The van der Waals surface area contributed by atoms with E-state index in [9.17, 15) is 0 Å². The zero-order valence-corrected chi connectivity index (χ0v) is 35.0. The van der Waals surface area contributed by atoms with E-state index in [1.807, 2.05) is 48.5 Å². The van der Waals surface area contributed by atoms with Crippen LogP contribution in [0.15, 0.2) is 122 Å². The molecule has 0 aliphatic carbocycles. The van der Waals surface area contributed by atoms with Crippen LogP contribution in [0, 0.1) is 0 Å². The molecule has 0 fully saturated rings. The SMILES string of the molecule is NCC[n+]1ccccc1-c1c2nc(c(-c3cccc[n+]3CCN)c3ccc([n-]3)c(-c3cccc[n+]3CCN)c3nc(c(-c4cccc[n+]4CCN)c4ccc1[n-]4)C=C3)C=C2.[Mn+2]. The van der Waals surface area contributed by atoms with Crippen molar-refractivity contribution in [2.45, 2.75) is 26.2 Å². The molecule has 8 bridgehead atoms. The second kappa shape index (κ2) is 18.4. The summed E-state index contributed by atoms with van der Waals surface area (Å²) in [6.45, 7) is 4.36. The minimum atomic E-state index is 0. The zero-order valence-electron chi connectivity index (χ0n) is 33.8. The van der Waals surface area contributed by atoms with Crippen LogP contribution >= 0.6 is 0 Å². The normalized spacial score (nSPS) is 11.9. The minimum Gasteiger partial charge on any atom is -0.656 e. The molecule has 0 spiro atoms. The van der Waals surface area contributed by atoms with Crippen molar-refractivity contribution in [1.29, 1.82) is 0 Å². The number of hydrogen-bond acceptors (Lipinski definition) is 6. The summed E-state index contributed by atoms with van der Waals surface area (Å²) in [6, 6.07) is 33.0. The molecule has 9 rings (SSSR count). The van der Waals surface area contributed by atoms with Gasteiger partial charge in [-0.2, -0.15) is 18.3 Å². The molecule has 0 amide bonds.